The summed E-state index contributed by atoms with van der Waals surface area (Å²) in [6.07, 6.45) is 1.50. The summed E-state index contributed by atoms with van der Waals surface area (Å²) in [4.78, 5) is 8.74. The van der Waals surface area contributed by atoms with Crippen LogP contribution < -0.4 is 15.0 Å². The number of nitrogens with zero attached hydrogens (tertiary/aromatic N) is 3. The summed E-state index contributed by atoms with van der Waals surface area (Å²) in [7, 11) is 3.58. The van der Waals surface area contributed by atoms with Crippen molar-refractivity contribution in [2.24, 2.45) is 0 Å². The molecule has 0 aromatic carbocycles. The average Bonchev–Trinajstić information content (AvgIpc) is 2.47. The van der Waals surface area contributed by atoms with Crippen LogP contribution in [0.5, 0.6) is 5.75 Å². The molecule has 0 amide bonds. The van der Waals surface area contributed by atoms with Gasteiger partial charge in [0.2, 0.25) is 0 Å². The minimum absolute atomic E-state index is 0.364. The van der Waals surface area contributed by atoms with E-state index in [9.17, 15) is 8.78 Å². The summed E-state index contributed by atoms with van der Waals surface area (Å²) < 4.78 is 31.7. The molecule has 1 N–H and O–H groups in total. The number of halogens is 2. The van der Waals surface area contributed by atoms with Gasteiger partial charge < -0.3 is 19.9 Å². The highest BCUT2D eigenvalue weighted by atomic mass is 19.3. The van der Waals surface area contributed by atoms with Crippen molar-refractivity contribution in [3.05, 3.63) is 18.3 Å². The van der Waals surface area contributed by atoms with Crippen molar-refractivity contribution in [2.45, 2.75) is 5.92 Å². The maximum Gasteiger partial charge on any atom is 0.293 e. The lowest BCUT2D eigenvalue weighted by Crippen LogP contribution is -2.44. The van der Waals surface area contributed by atoms with Crippen LogP contribution in [0.4, 0.5) is 14.6 Å². The molecule has 0 saturated carbocycles. The highest BCUT2D eigenvalue weighted by molar-refractivity contribution is 5.41. The zero-order valence-electron chi connectivity index (χ0n) is 12.5. The van der Waals surface area contributed by atoms with Gasteiger partial charge in [-0.15, -0.1) is 0 Å². The van der Waals surface area contributed by atoms with Crippen molar-refractivity contribution in [1.29, 1.82) is 0 Å². The summed E-state index contributed by atoms with van der Waals surface area (Å²) in [5.74, 6) is -1.66. The first-order valence-corrected chi connectivity index (χ1v) is 7.05. The van der Waals surface area contributed by atoms with Crippen molar-refractivity contribution in [1.82, 2.24) is 15.2 Å². The highest BCUT2D eigenvalue weighted by Gasteiger charge is 2.29. The van der Waals surface area contributed by atoms with E-state index in [0.29, 0.717) is 5.75 Å². The molecule has 0 unspecified atom stereocenters. The summed E-state index contributed by atoms with van der Waals surface area (Å²) in [5, 5.41) is 2.44. The predicted octanol–water partition coefficient (Wildman–Crippen LogP) is 1.07. The topological polar surface area (TPSA) is 40.6 Å². The van der Waals surface area contributed by atoms with E-state index in [1.807, 2.05) is 6.07 Å². The second-order valence-electron chi connectivity index (χ2n) is 5.32. The maximum atomic E-state index is 13.3. The fraction of sp³-hybridized carbons (Fsp3) is 0.643. The Hall–Kier alpha value is -1.47. The number of anilines is 1. The van der Waals surface area contributed by atoms with Crippen LogP contribution in [0.15, 0.2) is 18.3 Å². The Balaban J connectivity index is 1.87. The van der Waals surface area contributed by atoms with Crippen molar-refractivity contribution < 1.29 is 13.5 Å². The SMILES string of the molecule is CNCC(F)(F)COc1ccc(N2CCN(C)CC2)nc1. The third-order valence-electron chi connectivity index (χ3n) is 3.43. The number of aromatic nitrogens is 1. The molecule has 0 bridgehead atoms. The Morgan fingerprint density at radius 2 is 2.00 bits per heavy atom. The number of alkyl halides is 2. The summed E-state index contributed by atoms with van der Waals surface area (Å²) in [6, 6.07) is 3.51. The van der Waals surface area contributed by atoms with Crippen LogP contribution in [0, 0.1) is 0 Å². The van der Waals surface area contributed by atoms with E-state index in [4.69, 9.17) is 4.74 Å². The number of nitrogens with one attached hydrogen (secondary N) is 1. The average molecular weight is 300 g/mol. The number of ether oxygens (including phenoxy) is 1. The third-order valence-corrected chi connectivity index (χ3v) is 3.43. The van der Waals surface area contributed by atoms with Crippen LogP contribution in [0.25, 0.3) is 0 Å². The van der Waals surface area contributed by atoms with Crippen LogP contribution in [0.3, 0.4) is 0 Å². The van der Waals surface area contributed by atoms with Crippen molar-refractivity contribution in [3.63, 3.8) is 0 Å². The molecule has 0 atom stereocenters. The molecular formula is C14H22F2N4O. The number of hydrogen-bond acceptors (Lipinski definition) is 5. The maximum absolute atomic E-state index is 13.3. The molecule has 7 heteroatoms. The molecule has 21 heavy (non-hydrogen) atoms. The van der Waals surface area contributed by atoms with Crippen LogP contribution in [0.1, 0.15) is 0 Å². The number of pyridine rings is 1. The van der Waals surface area contributed by atoms with Gasteiger partial charge in [0, 0.05) is 26.2 Å². The van der Waals surface area contributed by atoms with E-state index < -0.39 is 19.1 Å². The fourth-order valence-electron chi connectivity index (χ4n) is 2.18. The molecule has 0 radical (unpaired) electrons. The molecule has 1 aliphatic heterocycles. The molecule has 5 nitrogen and oxygen atoms in total. The largest absolute Gasteiger partial charge is 0.486 e. The third kappa shape index (κ3) is 4.78. The second kappa shape index (κ2) is 7.00. The van der Waals surface area contributed by atoms with Gasteiger partial charge in [0.25, 0.3) is 5.92 Å². The molecule has 1 saturated heterocycles. The molecular weight excluding hydrogens is 278 g/mol. The normalized spacial score (nSPS) is 17.0. The molecule has 0 aliphatic carbocycles. The quantitative estimate of drug-likeness (QED) is 0.851. The summed E-state index contributed by atoms with van der Waals surface area (Å²) in [5.41, 5.74) is 0. The van der Waals surface area contributed by atoms with Gasteiger partial charge in [-0.1, -0.05) is 0 Å². The Morgan fingerprint density at radius 1 is 1.29 bits per heavy atom. The lowest BCUT2D eigenvalue weighted by Gasteiger charge is -2.33. The van der Waals surface area contributed by atoms with Gasteiger partial charge in [0.05, 0.1) is 12.7 Å². The first-order valence-electron chi connectivity index (χ1n) is 7.05. The van der Waals surface area contributed by atoms with Gasteiger partial charge >= 0.3 is 0 Å². The smallest absolute Gasteiger partial charge is 0.293 e. The van der Waals surface area contributed by atoms with Gasteiger partial charge in [0.15, 0.2) is 6.61 Å². The van der Waals surface area contributed by atoms with E-state index in [1.165, 1.54) is 13.2 Å². The molecule has 1 aromatic heterocycles. The second-order valence-corrected chi connectivity index (χ2v) is 5.32. The Labute approximate surface area is 123 Å². The number of rotatable bonds is 6. The van der Waals surface area contributed by atoms with Crippen LogP contribution in [-0.4, -0.2) is 69.2 Å². The van der Waals surface area contributed by atoms with Crippen LogP contribution in [-0.2, 0) is 0 Å². The molecule has 1 fully saturated rings. The van der Waals surface area contributed by atoms with Crippen LogP contribution >= 0.6 is 0 Å². The Kier molecular flexibility index (Phi) is 5.30. The predicted molar refractivity (Wildman–Crippen MR) is 78.3 cm³/mol. The molecule has 118 valence electrons. The Morgan fingerprint density at radius 3 is 2.57 bits per heavy atom. The van der Waals surface area contributed by atoms with Crippen molar-refractivity contribution >= 4 is 5.82 Å². The molecule has 2 rings (SSSR count). The fourth-order valence-corrected chi connectivity index (χ4v) is 2.18. The van der Waals surface area contributed by atoms with Gasteiger partial charge in [-0.2, -0.15) is 0 Å². The zero-order valence-corrected chi connectivity index (χ0v) is 12.5. The van der Waals surface area contributed by atoms with E-state index in [0.717, 1.165) is 32.0 Å². The lowest BCUT2D eigenvalue weighted by atomic mass is 10.3. The molecule has 1 aliphatic rings. The van der Waals surface area contributed by atoms with E-state index in [-0.39, 0.29) is 0 Å². The molecule has 1 aromatic rings. The standard InChI is InChI=1S/C14H22F2N4O/c1-17-10-14(15,16)11-21-12-3-4-13(18-9-12)20-7-5-19(2)6-8-20/h3-4,9,17H,5-8,10-11H2,1-2H3. The lowest BCUT2D eigenvalue weighted by molar-refractivity contribution is -0.0375. The van der Waals surface area contributed by atoms with Crippen LogP contribution in [0.2, 0.25) is 0 Å². The van der Waals surface area contributed by atoms with Gasteiger partial charge in [-0.3, -0.25) is 0 Å². The zero-order chi connectivity index (χ0) is 15.3. The minimum Gasteiger partial charge on any atom is -0.486 e. The van der Waals surface area contributed by atoms with Gasteiger partial charge in [0.1, 0.15) is 11.6 Å². The van der Waals surface area contributed by atoms with Gasteiger partial charge in [-0.25, -0.2) is 13.8 Å². The molecule has 2 heterocycles. The summed E-state index contributed by atoms with van der Waals surface area (Å²) in [6.45, 7) is 2.78. The number of piperazine rings is 1. The monoisotopic (exact) mass is 300 g/mol. The summed E-state index contributed by atoms with van der Waals surface area (Å²) >= 11 is 0. The number of hydrogen-bond donors (Lipinski definition) is 1. The van der Waals surface area contributed by atoms with E-state index >= 15 is 0 Å². The van der Waals surface area contributed by atoms with E-state index in [1.54, 1.807) is 6.07 Å². The van der Waals surface area contributed by atoms with E-state index in [2.05, 4.69) is 27.1 Å². The Bertz CT molecular complexity index is 433. The number of likely N-dealkylation sites (N-methyl/N-ethyl adjacent to an activating group) is 1. The highest BCUT2D eigenvalue weighted by Crippen LogP contribution is 2.19. The van der Waals surface area contributed by atoms with Crippen molar-refractivity contribution in [2.75, 3.05) is 58.3 Å². The van der Waals surface area contributed by atoms with Crippen molar-refractivity contribution in [3.8, 4) is 5.75 Å². The minimum atomic E-state index is -2.88. The first-order chi connectivity index (χ1) is 10.00. The molecule has 0 spiro atoms. The van der Waals surface area contributed by atoms with Gasteiger partial charge in [-0.05, 0) is 26.2 Å². The first kappa shape index (κ1) is 15.9.